The lowest BCUT2D eigenvalue weighted by Gasteiger charge is -2.37. The van der Waals surface area contributed by atoms with Crippen molar-refractivity contribution in [2.24, 2.45) is 0 Å². The number of rotatable bonds is 4. The van der Waals surface area contributed by atoms with Crippen molar-refractivity contribution >= 4 is 16.0 Å². The molecule has 1 aromatic carbocycles. The summed E-state index contributed by atoms with van der Waals surface area (Å²) in [4.78, 5) is 11.3. The van der Waals surface area contributed by atoms with E-state index in [2.05, 4.69) is 4.72 Å². The molecule has 18 heavy (non-hydrogen) atoms. The second-order valence-corrected chi connectivity index (χ2v) is 6.26. The van der Waals surface area contributed by atoms with E-state index in [1.54, 1.807) is 25.1 Å². The van der Waals surface area contributed by atoms with Crippen molar-refractivity contribution in [2.75, 3.05) is 0 Å². The Morgan fingerprint density at radius 1 is 1.33 bits per heavy atom. The number of carboxylic acid groups (broad SMARTS) is 1. The molecule has 2 N–H and O–H groups in total. The van der Waals surface area contributed by atoms with E-state index in [0.717, 1.165) is 6.42 Å². The molecule has 1 fully saturated rings. The average Bonchev–Trinajstić information content (AvgIpc) is 2.23. The van der Waals surface area contributed by atoms with Gasteiger partial charge in [0.2, 0.25) is 10.0 Å². The Morgan fingerprint density at radius 3 is 2.39 bits per heavy atom. The zero-order valence-electron chi connectivity index (χ0n) is 10.0. The van der Waals surface area contributed by atoms with Crippen molar-refractivity contribution in [3.63, 3.8) is 0 Å². The number of carbonyl (C=O) groups is 1. The lowest BCUT2D eigenvalue weighted by Crippen LogP contribution is -2.58. The third-order valence-corrected chi connectivity index (χ3v) is 5.03. The summed E-state index contributed by atoms with van der Waals surface area (Å²) in [7, 11) is -3.79. The first-order valence-corrected chi connectivity index (χ1v) is 7.19. The summed E-state index contributed by atoms with van der Waals surface area (Å²) in [6, 6.07) is 6.52. The Hall–Kier alpha value is -1.40. The van der Waals surface area contributed by atoms with Gasteiger partial charge in [0.05, 0.1) is 4.90 Å². The van der Waals surface area contributed by atoms with Crippen molar-refractivity contribution in [2.45, 2.75) is 36.6 Å². The molecule has 0 atom stereocenters. The van der Waals surface area contributed by atoms with Crippen LogP contribution in [0.4, 0.5) is 0 Å². The smallest absolute Gasteiger partial charge is 0.324 e. The Morgan fingerprint density at radius 2 is 1.94 bits per heavy atom. The predicted octanol–water partition coefficient (Wildman–Crippen LogP) is 1.28. The van der Waals surface area contributed by atoms with E-state index in [1.165, 1.54) is 6.07 Å². The number of hydrogen-bond donors (Lipinski definition) is 2. The maximum atomic E-state index is 12.2. The first-order chi connectivity index (χ1) is 8.37. The minimum Gasteiger partial charge on any atom is -0.480 e. The van der Waals surface area contributed by atoms with Gasteiger partial charge in [-0.25, -0.2) is 8.42 Å². The topological polar surface area (TPSA) is 83.5 Å². The van der Waals surface area contributed by atoms with Crippen LogP contribution in [-0.2, 0) is 14.8 Å². The zero-order chi connectivity index (χ0) is 13.4. The maximum absolute atomic E-state index is 12.2. The second-order valence-electron chi connectivity index (χ2n) is 4.61. The molecule has 5 nitrogen and oxygen atoms in total. The lowest BCUT2D eigenvalue weighted by molar-refractivity contribution is -0.147. The Labute approximate surface area is 106 Å². The fourth-order valence-corrected chi connectivity index (χ4v) is 3.73. The third-order valence-electron chi connectivity index (χ3n) is 3.33. The van der Waals surface area contributed by atoms with E-state index < -0.39 is 21.5 Å². The molecule has 0 unspecified atom stereocenters. The molecular formula is C12H15NO4S. The van der Waals surface area contributed by atoms with Crippen LogP contribution in [0.1, 0.15) is 24.8 Å². The number of sulfonamides is 1. The summed E-state index contributed by atoms with van der Waals surface area (Å²) < 4.78 is 26.7. The van der Waals surface area contributed by atoms with Gasteiger partial charge in [-0.1, -0.05) is 18.2 Å². The maximum Gasteiger partial charge on any atom is 0.324 e. The van der Waals surface area contributed by atoms with Gasteiger partial charge in [0.1, 0.15) is 5.54 Å². The van der Waals surface area contributed by atoms with Crippen molar-refractivity contribution in [1.82, 2.24) is 4.72 Å². The van der Waals surface area contributed by atoms with Gasteiger partial charge in [-0.3, -0.25) is 4.79 Å². The molecule has 98 valence electrons. The minimum absolute atomic E-state index is 0.137. The van der Waals surface area contributed by atoms with Gasteiger partial charge in [0.25, 0.3) is 0 Å². The number of hydrogen-bond acceptors (Lipinski definition) is 3. The van der Waals surface area contributed by atoms with E-state index in [1.807, 2.05) is 0 Å². The molecule has 0 heterocycles. The van der Waals surface area contributed by atoms with Crippen LogP contribution in [0.15, 0.2) is 29.2 Å². The fraction of sp³-hybridized carbons (Fsp3) is 0.417. The van der Waals surface area contributed by atoms with Gasteiger partial charge >= 0.3 is 5.97 Å². The molecule has 1 aliphatic rings. The molecule has 0 radical (unpaired) electrons. The van der Waals surface area contributed by atoms with E-state index >= 15 is 0 Å². The predicted molar refractivity (Wildman–Crippen MR) is 65.7 cm³/mol. The number of benzene rings is 1. The second kappa shape index (κ2) is 4.37. The van der Waals surface area contributed by atoms with Crippen LogP contribution < -0.4 is 4.72 Å². The highest BCUT2D eigenvalue weighted by Crippen LogP contribution is 2.33. The van der Waals surface area contributed by atoms with Gasteiger partial charge in [-0.2, -0.15) is 4.72 Å². The van der Waals surface area contributed by atoms with Crippen molar-refractivity contribution < 1.29 is 18.3 Å². The molecule has 0 amide bonds. The summed E-state index contributed by atoms with van der Waals surface area (Å²) >= 11 is 0. The van der Waals surface area contributed by atoms with Crippen LogP contribution in [0.3, 0.4) is 0 Å². The van der Waals surface area contributed by atoms with Crippen molar-refractivity contribution in [1.29, 1.82) is 0 Å². The first kappa shape index (κ1) is 13.0. The van der Waals surface area contributed by atoms with Crippen LogP contribution in [0.2, 0.25) is 0 Å². The highest BCUT2D eigenvalue weighted by atomic mass is 32.2. The molecule has 0 aliphatic heterocycles. The SMILES string of the molecule is Cc1ccccc1S(=O)(=O)NC1(C(=O)O)CCC1. The van der Waals surface area contributed by atoms with E-state index in [9.17, 15) is 13.2 Å². The fourth-order valence-electron chi connectivity index (χ4n) is 2.06. The van der Waals surface area contributed by atoms with Crippen LogP contribution in [0, 0.1) is 6.92 Å². The average molecular weight is 269 g/mol. The lowest BCUT2D eigenvalue weighted by atomic mass is 9.78. The molecule has 0 aromatic heterocycles. The van der Waals surface area contributed by atoms with Gasteiger partial charge in [-0.05, 0) is 37.8 Å². The molecule has 1 aromatic rings. The summed E-state index contributed by atoms with van der Waals surface area (Å²) in [5.41, 5.74) is -0.717. The number of carboxylic acids is 1. The minimum atomic E-state index is -3.79. The quantitative estimate of drug-likeness (QED) is 0.862. The molecule has 0 bridgehead atoms. The van der Waals surface area contributed by atoms with Gasteiger partial charge < -0.3 is 5.11 Å². The van der Waals surface area contributed by atoms with E-state index in [0.29, 0.717) is 18.4 Å². The number of aryl methyl sites for hydroxylation is 1. The van der Waals surface area contributed by atoms with Gasteiger partial charge in [0.15, 0.2) is 0 Å². The number of nitrogens with one attached hydrogen (secondary N) is 1. The molecule has 1 aliphatic carbocycles. The highest BCUT2D eigenvalue weighted by Gasteiger charge is 2.47. The number of aliphatic carboxylic acids is 1. The van der Waals surface area contributed by atoms with E-state index in [-0.39, 0.29) is 4.90 Å². The summed E-state index contributed by atoms with van der Waals surface area (Å²) in [5, 5.41) is 9.14. The largest absolute Gasteiger partial charge is 0.480 e. The first-order valence-electron chi connectivity index (χ1n) is 5.70. The van der Waals surface area contributed by atoms with Gasteiger partial charge in [0, 0.05) is 0 Å². The molecule has 2 rings (SSSR count). The molecule has 1 saturated carbocycles. The van der Waals surface area contributed by atoms with Crippen LogP contribution in [-0.4, -0.2) is 25.0 Å². The van der Waals surface area contributed by atoms with Crippen LogP contribution in [0.25, 0.3) is 0 Å². The Kier molecular flexibility index (Phi) is 3.16. The Bertz CT molecular complexity index is 575. The van der Waals surface area contributed by atoms with Gasteiger partial charge in [-0.15, -0.1) is 0 Å². The van der Waals surface area contributed by atoms with Crippen molar-refractivity contribution in [3.05, 3.63) is 29.8 Å². The summed E-state index contributed by atoms with van der Waals surface area (Å²) in [6.07, 6.45) is 1.41. The van der Waals surface area contributed by atoms with Crippen LogP contribution >= 0.6 is 0 Å². The van der Waals surface area contributed by atoms with Crippen molar-refractivity contribution in [3.8, 4) is 0 Å². The highest BCUT2D eigenvalue weighted by molar-refractivity contribution is 7.89. The normalized spacial score (nSPS) is 18.1. The zero-order valence-corrected chi connectivity index (χ0v) is 10.8. The standard InChI is InChI=1S/C12H15NO4S/c1-9-5-2-3-6-10(9)18(16,17)13-12(11(14)15)7-4-8-12/h2-3,5-6,13H,4,7-8H2,1H3,(H,14,15). The van der Waals surface area contributed by atoms with Crippen LogP contribution in [0.5, 0.6) is 0 Å². The summed E-state index contributed by atoms with van der Waals surface area (Å²) in [6.45, 7) is 1.68. The molecule has 0 saturated heterocycles. The van der Waals surface area contributed by atoms with E-state index in [4.69, 9.17) is 5.11 Å². The monoisotopic (exact) mass is 269 g/mol. The molecule has 0 spiro atoms. The Balaban J connectivity index is 2.34. The summed E-state index contributed by atoms with van der Waals surface area (Å²) in [5.74, 6) is -1.11. The molecule has 6 heteroatoms. The molecular weight excluding hydrogens is 254 g/mol. The third kappa shape index (κ3) is 2.13.